The number of carbonyl (C=O) groups is 1. The normalized spacial score (nSPS) is 19.6. The number of hydrogen-bond donors (Lipinski definition) is 1. The SMILES string of the molecule is CC(NC(=O)C1CCCN(Cc2cccnc2)C1)c1ncccn1. The Kier molecular flexibility index (Phi) is 5.48. The largest absolute Gasteiger partial charge is 0.346 e. The van der Waals surface area contributed by atoms with Crippen LogP contribution in [0.25, 0.3) is 0 Å². The molecule has 0 saturated carbocycles. The number of aromatic nitrogens is 3. The van der Waals surface area contributed by atoms with Crippen LogP contribution in [0.3, 0.4) is 0 Å². The number of likely N-dealkylation sites (tertiary alicyclic amines) is 1. The van der Waals surface area contributed by atoms with Gasteiger partial charge in [0.05, 0.1) is 12.0 Å². The van der Waals surface area contributed by atoms with Crippen LogP contribution in [-0.4, -0.2) is 38.8 Å². The predicted octanol–water partition coefficient (Wildman–Crippen LogP) is 1.96. The van der Waals surface area contributed by atoms with E-state index >= 15 is 0 Å². The van der Waals surface area contributed by atoms with Gasteiger partial charge in [-0.05, 0) is 44.0 Å². The second kappa shape index (κ2) is 7.97. The van der Waals surface area contributed by atoms with E-state index in [0.717, 1.165) is 32.5 Å². The summed E-state index contributed by atoms with van der Waals surface area (Å²) >= 11 is 0. The minimum absolute atomic E-state index is 0.0154. The van der Waals surface area contributed by atoms with E-state index in [4.69, 9.17) is 0 Å². The highest BCUT2D eigenvalue weighted by Gasteiger charge is 2.27. The highest BCUT2D eigenvalue weighted by Crippen LogP contribution is 2.19. The zero-order valence-corrected chi connectivity index (χ0v) is 13.9. The summed E-state index contributed by atoms with van der Waals surface area (Å²) in [6.07, 6.45) is 9.02. The van der Waals surface area contributed by atoms with Crippen molar-refractivity contribution in [2.24, 2.45) is 5.92 Å². The van der Waals surface area contributed by atoms with Crippen LogP contribution in [0.15, 0.2) is 43.0 Å². The summed E-state index contributed by atoms with van der Waals surface area (Å²) in [5.74, 6) is 0.751. The maximum Gasteiger partial charge on any atom is 0.224 e. The summed E-state index contributed by atoms with van der Waals surface area (Å²) in [7, 11) is 0. The van der Waals surface area contributed by atoms with Crippen LogP contribution in [0, 0.1) is 5.92 Å². The lowest BCUT2D eigenvalue weighted by molar-refractivity contribution is -0.127. The number of hydrogen-bond acceptors (Lipinski definition) is 5. The number of rotatable bonds is 5. The van der Waals surface area contributed by atoms with Crippen molar-refractivity contribution in [1.29, 1.82) is 0 Å². The molecule has 0 radical (unpaired) electrons. The van der Waals surface area contributed by atoms with E-state index in [1.54, 1.807) is 24.7 Å². The fourth-order valence-corrected chi connectivity index (χ4v) is 3.09. The van der Waals surface area contributed by atoms with E-state index in [1.165, 1.54) is 5.56 Å². The van der Waals surface area contributed by atoms with Crippen LogP contribution >= 0.6 is 0 Å². The Morgan fingerprint density at radius 2 is 2.17 bits per heavy atom. The summed E-state index contributed by atoms with van der Waals surface area (Å²) in [5.41, 5.74) is 1.18. The molecule has 2 aromatic rings. The molecule has 1 aliphatic rings. The standard InChI is InChI=1S/C18H23N5O/c1-14(17-20-8-4-9-21-17)22-18(24)16-6-3-10-23(13-16)12-15-5-2-7-19-11-15/h2,4-5,7-9,11,14,16H,3,6,10,12-13H2,1H3,(H,22,24). The Morgan fingerprint density at radius 1 is 1.33 bits per heavy atom. The number of nitrogens with one attached hydrogen (secondary N) is 1. The zero-order valence-electron chi connectivity index (χ0n) is 13.9. The van der Waals surface area contributed by atoms with Crippen molar-refractivity contribution >= 4 is 5.91 Å². The number of carbonyl (C=O) groups excluding carboxylic acids is 1. The number of pyridine rings is 1. The molecule has 1 N–H and O–H groups in total. The van der Waals surface area contributed by atoms with Gasteiger partial charge in [-0.2, -0.15) is 0 Å². The van der Waals surface area contributed by atoms with Crippen LogP contribution in [-0.2, 0) is 11.3 Å². The van der Waals surface area contributed by atoms with Crippen LogP contribution in [0.5, 0.6) is 0 Å². The lowest BCUT2D eigenvalue weighted by atomic mass is 9.96. The third-order valence-electron chi connectivity index (χ3n) is 4.34. The monoisotopic (exact) mass is 325 g/mol. The van der Waals surface area contributed by atoms with E-state index in [-0.39, 0.29) is 17.9 Å². The predicted molar refractivity (Wildman–Crippen MR) is 90.8 cm³/mol. The zero-order chi connectivity index (χ0) is 16.8. The lowest BCUT2D eigenvalue weighted by Crippen LogP contribution is -2.43. The number of amides is 1. The molecule has 3 rings (SSSR count). The van der Waals surface area contributed by atoms with Gasteiger partial charge in [0, 0.05) is 37.9 Å². The first-order valence-corrected chi connectivity index (χ1v) is 8.41. The molecule has 0 bridgehead atoms. The molecular weight excluding hydrogens is 302 g/mol. The average Bonchev–Trinajstić information content (AvgIpc) is 2.63. The maximum absolute atomic E-state index is 12.6. The molecule has 6 heteroatoms. The quantitative estimate of drug-likeness (QED) is 0.910. The number of nitrogens with zero attached hydrogens (tertiary/aromatic N) is 4. The molecule has 2 unspecified atom stereocenters. The van der Waals surface area contributed by atoms with Crippen LogP contribution < -0.4 is 5.32 Å². The van der Waals surface area contributed by atoms with Crippen molar-refractivity contribution < 1.29 is 4.79 Å². The summed E-state index contributed by atoms with van der Waals surface area (Å²) in [4.78, 5) is 27.5. The summed E-state index contributed by atoms with van der Waals surface area (Å²) in [6.45, 7) is 4.57. The molecule has 1 saturated heterocycles. The van der Waals surface area contributed by atoms with Gasteiger partial charge in [0.25, 0.3) is 0 Å². The maximum atomic E-state index is 12.6. The molecule has 0 spiro atoms. The first-order chi connectivity index (χ1) is 11.7. The molecule has 126 valence electrons. The smallest absolute Gasteiger partial charge is 0.224 e. The molecule has 2 atom stereocenters. The van der Waals surface area contributed by atoms with E-state index in [9.17, 15) is 4.79 Å². The van der Waals surface area contributed by atoms with Gasteiger partial charge in [-0.3, -0.25) is 14.7 Å². The van der Waals surface area contributed by atoms with E-state index in [0.29, 0.717) is 5.82 Å². The molecule has 0 aliphatic carbocycles. The van der Waals surface area contributed by atoms with Crippen LogP contribution in [0.4, 0.5) is 0 Å². The fraction of sp³-hybridized carbons (Fsp3) is 0.444. The summed E-state index contributed by atoms with van der Waals surface area (Å²) < 4.78 is 0. The molecule has 6 nitrogen and oxygen atoms in total. The van der Waals surface area contributed by atoms with E-state index in [1.807, 2.05) is 19.2 Å². The van der Waals surface area contributed by atoms with Gasteiger partial charge in [-0.15, -0.1) is 0 Å². The van der Waals surface area contributed by atoms with Crippen LogP contribution in [0.2, 0.25) is 0 Å². The Morgan fingerprint density at radius 3 is 2.92 bits per heavy atom. The van der Waals surface area contributed by atoms with Gasteiger partial charge in [0.15, 0.2) is 0 Å². The van der Waals surface area contributed by atoms with Crippen molar-refractivity contribution in [1.82, 2.24) is 25.2 Å². The second-order valence-corrected chi connectivity index (χ2v) is 6.27. The highest BCUT2D eigenvalue weighted by molar-refractivity contribution is 5.79. The van der Waals surface area contributed by atoms with Gasteiger partial charge < -0.3 is 5.32 Å². The molecule has 1 amide bonds. The lowest BCUT2D eigenvalue weighted by Gasteiger charge is -2.32. The third-order valence-corrected chi connectivity index (χ3v) is 4.34. The van der Waals surface area contributed by atoms with Gasteiger partial charge in [0.2, 0.25) is 5.91 Å². The first-order valence-electron chi connectivity index (χ1n) is 8.41. The molecule has 3 heterocycles. The Labute approximate surface area is 142 Å². The minimum Gasteiger partial charge on any atom is -0.346 e. The molecule has 0 aromatic carbocycles. The Bertz CT molecular complexity index is 649. The van der Waals surface area contributed by atoms with Crippen molar-refractivity contribution in [2.45, 2.75) is 32.4 Å². The molecule has 2 aromatic heterocycles. The van der Waals surface area contributed by atoms with Crippen molar-refractivity contribution in [2.75, 3.05) is 13.1 Å². The van der Waals surface area contributed by atoms with E-state index < -0.39 is 0 Å². The van der Waals surface area contributed by atoms with Gasteiger partial charge in [-0.25, -0.2) is 9.97 Å². The highest BCUT2D eigenvalue weighted by atomic mass is 16.2. The summed E-state index contributed by atoms with van der Waals surface area (Å²) in [5, 5.41) is 3.05. The first kappa shape index (κ1) is 16.5. The Hall–Kier alpha value is -2.34. The van der Waals surface area contributed by atoms with Crippen molar-refractivity contribution in [3.8, 4) is 0 Å². The van der Waals surface area contributed by atoms with Gasteiger partial charge >= 0.3 is 0 Å². The minimum atomic E-state index is -0.174. The molecule has 24 heavy (non-hydrogen) atoms. The third kappa shape index (κ3) is 4.35. The fourth-order valence-electron chi connectivity index (χ4n) is 3.09. The van der Waals surface area contributed by atoms with Crippen LogP contribution in [0.1, 0.15) is 37.2 Å². The average molecular weight is 325 g/mol. The topological polar surface area (TPSA) is 71.0 Å². The number of piperidine rings is 1. The Balaban J connectivity index is 1.55. The molecule has 1 fully saturated rings. The van der Waals surface area contributed by atoms with Gasteiger partial charge in [0.1, 0.15) is 5.82 Å². The molecule has 1 aliphatic heterocycles. The molecular formula is C18H23N5O. The summed E-state index contributed by atoms with van der Waals surface area (Å²) in [6, 6.07) is 5.62. The van der Waals surface area contributed by atoms with Crippen molar-refractivity contribution in [3.63, 3.8) is 0 Å². The second-order valence-electron chi connectivity index (χ2n) is 6.27. The van der Waals surface area contributed by atoms with Crippen molar-refractivity contribution in [3.05, 3.63) is 54.4 Å². The van der Waals surface area contributed by atoms with Gasteiger partial charge in [-0.1, -0.05) is 6.07 Å². The van der Waals surface area contributed by atoms with E-state index in [2.05, 4.69) is 31.2 Å².